The maximum Gasteiger partial charge on any atom is 0.221 e. The lowest BCUT2D eigenvalue weighted by Gasteiger charge is -2.39. The summed E-state index contributed by atoms with van der Waals surface area (Å²) in [7, 11) is 2.07. The van der Waals surface area contributed by atoms with E-state index < -0.39 is 0 Å². The largest absolute Gasteiger partial charge is 0.353 e. The predicted molar refractivity (Wildman–Crippen MR) is 75.3 cm³/mol. The van der Waals surface area contributed by atoms with Crippen LogP contribution >= 0.6 is 0 Å². The van der Waals surface area contributed by atoms with Gasteiger partial charge in [0.05, 0.1) is 0 Å². The molecule has 0 radical (unpaired) electrons. The molecule has 4 nitrogen and oxygen atoms in total. The zero-order valence-corrected chi connectivity index (χ0v) is 12.5. The molecule has 4 heteroatoms. The molecule has 18 heavy (non-hydrogen) atoms. The van der Waals surface area contributed by atoms with Crippen LogP contribution in [-0.4, -0.2) is 42.5 Å². The summed E-state index contributed by atoms with van der Waals surface area (Å²) in [5, 5.41) is 3.03. The minimum Gasteiger partial charge on any atom is -0.353 e. The molecule has 0 spiro atoms. The zero-order valence-electron chi connectivity index (χ0n) is 12.5. The highest BCUT2D eigenvalue weighted by Gasteiger charge is 2.30. The van der Waals surface area contributed by atoms with Gasteiger partial charge in [0.25, 0.3) is 0 Å². The van der Waals surface area contributed by atoms with Gasteiger partial charge in [-0.3, -0.25) is 9.69 Å². The van der Waals surface area contributed by atoms with E-state index in [-0.39, 0.29) is 17.4 Å². The fourth-order valence-electron chi connectivity index (χ4n) is 2.05. The molecule has 0 saturated heterocycles. The Balaban J connectivity index is 2.50. The van der Waals surface area contributed by atoms with Crippen molar-refractivity contribution >= 4 is 5.91 Å². The van der Waals surface area contributed by atoms with E-state index in [4.69, 9.17) is 5.73 Å². The molecule has 1 amide bonds. The smallest absolute Gasteiger partial charge is 0.221 e. The van der Waals surface area contributed by atoms with Crippen LogP contribution in [0.25, 0.3) is 0 Å². The number of hydrogen-bond donors (Lipinski definition) is 2. The quantitative estimate of drug-likeness (QED) is 0.753. The Bertz CT molecular complexity index is 281. The standard InChI is InChI=1S/C14H29N3O/c1-10(14(2,3)4)17(5)12(9-15)8-13(18)16-11-6-7-11/h10-12H,6-9,15H2,1-5H3,(H,16,18). The average molecular weight is 255 g/mol. The van der Waals surface area contributed by atoms with Gasteiger partial charge >= 0.3 is 0 Å². The summed E-state index contributed by atoms with van der Waals surface area (Å²) in [6, 6.07) is 0.944. The minimum absolute atomic E-state index is 0.123. The second-order valence-corrected chi connectivity index (χ2v) is 6.64. The van der Waals surface area contributed by atoms with Crippen molar-refractivity contribution < 1.29 is 4.79 Å². The van der Waals surface area contributed by atoms with Crippen molar-refractivity contribution in [3.05, 3.63) is 0 Å². The van der Waals surface area contributed by atoms with Crippen molar-refractivity contribution in [2.75, 3.05) is 13.6 Å². The zero-order chi connectivity index (χ0) is 13.9. The van der Waals surface area contributed by atoms with Gasteiger partial charge in [0.1, 0.15) is 0 Å². The molecule has 2 unspecified atom stereocenters. The second kappa shape index (κ2) is 6.02. The first kappa shape index (κ1) is 15.4. The lowest BCUT2D eigenvalue weighted by molar-refractivity contribution is -0.122. The summed E-state index contributed by atoms with van der Waals surface area (Å²) in [5.41, 5.74) is 6.02. The predicted octanol–water partition coefficient (Wildman–Crippen LogP) is 1.35. The summed E-state index contributed by atoms with van der Waals surface area (Å²) < 4.78 is 0. The van der Waals surface area contributed by atoms with Gasteiger partial charge in [-0.25, -0.2) is 0 Å². The summed E-state index contributed by atoms with van der Waals surface area (Å²) in [6.45, 7) is 9.36. The van der Waals surface area contributed by atoms with E-state index in [1.807, 2.05) is 0 Å². The molecule has 1 fully saturated rings. The monoisotopic (exact) mass is 255 g/mol. The fraction of sp³-hybridized carbons (Fsp3) is 0.929. The Labute approximate surface area is 111 Å². The summed E-state index contributed by atoms with van der Waals surface area (Å²) >= 11 is 0. The van der Waals surface area contributed by atoms with Gasteiger partial charge in [0, 0.05) is 31.1 Å². The summed E-state index contributed by atoms with van der Waals surface area (Å²) in [5.74, 6) is 0.140. The molecular weight excluding hydrogens is 226 g/mol. The molecule has 0 bridgehead atoms. The van der Waals surface area contributed by atoms with E-state index in [0.29, 0.717) is 25.0 Å². The van der Waals surface area contributed by atoms with Crippen molar-refractivity contribution in [3.8, 4) is 0 Å². The first-order valence-corrected chi connectivity index (χ1v) is 6.97. The molecule has 1 saturated carbocycles. The Morgan fingerprint density at radius 2 is 2.00 bits per heavy atom. The molecule has 3 N–H and O–H groups in total. The maximum absolute atomic E-state index is 11.8. The SMILES string of the molecule is CC(N(C)C(CN)CC(=O)NC1CC1)C(C)(C)C. The van der Waals surface area contributed by atoms with Crippen LogP contribution in [0, 0.1) is 5.41 Å². The highest BCUT2D eigenvalue weighted by atomic mass is 16.1. The Hall–Kier alpha value is -0.610. The van der Waals surface area contributed by atoms with Crippen LogP contribution in [-0.2, 0) is 4.79 Å². The number of nitrogens with one attached hydrogen (secondary N) is 1. The van der Waals surface area contributed by atoms with Gasteiger partial charge in [-0.1, -0.05) is 20.8 Å². The molecule has 0 aromatic heterocycles. The molecule has 0 aliphatic heterocycles. The normalized spacial score (nSPS) is 19.7. The molecule has 1 aliphatic rings. The third kappa shape index (κ3) is 4.58. The molecule has 1 aliphatic carbocycles. The fourth-order valence-corrected chi connectivity index (χ4v) is 2.05. The van der Waals surface area contributed by atoms with Crippen LogP contribution in [0.1, 0.15) is 47.0 Å². The lowest BCUT2D eigenvalue weighted by Crippen LogP contribution is -2.50. The summed E-state index contributed by atoms with van der Waals surface area (Å²) in [6.07, 6.45) is 2.77. The van der Waals surface area contributed by atoms with E-state index in [2.05, 4.69) is 45.0 Å². The number of nitrogens with two attached hydrogens (primary N) is 1. The Morgan fingerprint density at radius 1 is 1.44 bits per heavy atom. The second-order valence-electron chi connectivity index (χ2n) is 6.64. The summed E-state index contributed by atoms with van der Waals surface area (Å²) in [4.78, 5) is 14.1. The van der Waals surface area contributed by atoms with Crippen molar-refractivity contribution in [3.63, 3.8) is 0 Å². The van der Waals surface area contributed by atoms with E-state index in [1.54, 1.807) is 0 Å². The van der Waals surface area contributed by atoms with E-state index in [1.165, 1.54) is 0 Å². The Kier molecular flexibility index (Phi) is 5.17. The first-order chi connectivity index (χ1) is 8.25. The highest BCUT2D eigenvalue weighted by molar-refractivity contribution is 5.77. The Morgan fingerprint density at radius 3 is 2.39 bits per heavy atom. The maximum atomic E-state index is 11.8. The highest BCUT2D eigenvalue weighted by Crippen LogP contribution is 2.25. The van der Waals surface area contributed by atoms with Gasteiger partial charge < -0.3 is 11.1 Å². The molecule has 106 valence electrons. The van der Waals surface area contributed by atoms with Gasteiger partial charge in [0.2, 0.25) is 5.91 Å². The third-order valence-corrected chi connectivity index (χ3v) is 4.08. The van der Waals surface area contributed by atoms with E-state index in [9.17, 15) is 4.79 Å². The number of carbonyl (C=O) groups is 1. The topological polar surface area (TPSA) is 58.4 Å². The number of nitrogens with zero attached hydrogens (tertiary/aromatic N) is 1. The van der Waals surface area contributed by atoms with Crippen LogP contribution in [0.4, 0.5) is 0 Å². The van der Waals surface area contributed by atoms with Crippen LogP contribution in [0.15, 0.2) is 0 Å². The van der Waals surface area contributed by atoms with E-state index in [0.717, 1.165) is 12.8 Å². The van der Waals surface area contributed by atoms with Crippen LogP contribution < -0.4 is 11.1 Å². The molecule has 0 heterocycles. The van der Waals surface area contributed by atoms with Crippen molar-refractivity contribution in [2.45, 2.75) is 65.1 Å². The number of hydrogen-bond acceptors (Lipinski definition) is 3. The molecule has 1 rings (SSSR count). The number of likely N-dealkylation sites (N-methyl/N-ethyl adjacent to an activating group) is 1. The van der Waals surface area contributed by atoms with Crippen LogP contribution in [0.5, 0.6) is 0 Å². The van der Waals surface area contributed by atoms with Crippen molar-refractivity contribution in [1.82, 2.24) is 10.2 Å². The minimum atomic E-state index is 0.123. The molecule has 0 aromatic carbocycles. The van der Waals surface area contributed by atoms with Crippen LogP contribution in [0.2, 0.25) is 0 Å². The number of amides is 1. The third-order valence-electron chi connectivity index (χ3n) is 4.08. The van der Waals surface area contributed by atoms with Crippen LogP contribution in [0.3, 0.4) is 0 Å². The van der Waals surface area contributed by atoms with E-state index >= 15 is 0 Å². The van der Waals surface area contributed by atoms with Gasteiger partial charge in [-0.05, 0) is 32.2 Å². The molecular formula is C14H29N3O. The van der Waals surface area contributed by atoms with Gasteiger partial charge in [-0.2, -0.15) is 0 Å². The first-order valence-electron chi connectivity index (χ1n) is 6.97. The van der Waals surface area contributed by atoms with Crippen molar-refractivity contribution in [2.24, 2.45) is 11.1 Å². The average Bonchev–Trinajstić information content (AvgIpc) is 3.06. The number of rotatable bonds is 6. The lowest BCUT2D eigenvalue weighted by atomic mass is 9.86. The van der Waals surface area contributed by atoms with Crippen molar-refractivity contribution in [1.29, 1.82) is 0 Å². The van der Waals surface area contributed by atoms with Gasteiger partial charge in [0.15, 0.2) is 0 Å². The number of carbonyl (C=O) groups excluding carboxylic acids is 1. The van der Waals surface area contributed by atoms with Gasteiger partial charge in [-0.15, -0.1) is 0 Å². The molecule has 0 aromatic rings. The molecule has 2 atom stereocenters.